The molecule has 0 aromatic carbocycles. The van der Waals surface area contributed by atoms with Crippen molar-refractivity contribution >= 4 is 27.9 Å². The van der Waals surface area contributed by atoms with Crippen molar-refractivity contribution in [3.05, 3.63) is 0 Å². The minimum Gasteiger partial charge on any atom is -0.457 e. The molecule has 6 fully saturated rings. The smallest absolute Gasteiger partial charge is 0.342 e. The summed E-state index contributed by atoms with van der Waals surface area (Å²) in [5, 5.41) is 0.602. The summed E-state index contributed by atoms with van der Waals surface area (Å²) in [5.74, 6) is -0.672. The van der Waals surface area contributed by atoms with E-state index < -0.39 is 39.8 Å². The van der Waals surface area contributed by atoms with Crippen molar-refractivity contribution < 1.29 is 28.5 Å². The second-order valence-corrected chi connectivity index (χ2v) is 9.06. The van der Waals surface area contributed by atoms with Gasteiger partial charge in [0.05, 0.1) is 11.0 Å². The molecule has 6 aliphatic rings. The molecule has 7 heteroatoms. The van der Waals surface area contributed by atoms with Crippen LogP contribution in [-0.2, 0) is 28.5 Å². The Balaban J connectivity index is 1.71. The molecular formula is C16H17BrO6. The first-order valence-corrected chi connectivity index (χ1v) is 9.21. The van der Waals surface area contributed by atoms with Gasteiger partial charge in [-0.25, -0.2) is 4.79 Å². The van der Waals surface area contributed by atoms with Crippen molar-refractivity contribution in [1.29, 1.82) is 0 Å². The minimum atomic E-state index is -0.951. The fourth-order valence-corrected chi connectivity index (χ4v) is 7.58. The number of hydrogen-bond donors (Lipinski definition) is 0. The third kappa shape index (κ3) is 0.878. The molecule has 0 amide bonds. The van der Waals surface area contributed by atoms with Gasteiger partial charge in [0.1, 0.15) is 23.2 Å². The number of alkyl halides is 1. The Labute approximate surface area is 141 Å². The van der Waals surface area contributed by atoms with E-state index in [1.54, 1.807) is 0 Å². The largest absolute Gasteiger partial charge is 0.457 e. The van der Waals surface area contributed by atoms with Crippen molar-refractivity contribution in [2.75, 3.05) is 5.33 Å². The van der Waals surface area contributed by atoms with Crippen molar-refractivity contribution in [3.63, 3.8) is 0 Å². The number of carbonyl (C=O) groups is 2. The number of epoxide rings is 1. The highest BCUT2D eigenvalue weighted by Gasteiger charge is 3.01. The summed E-state index contributed by atoms with van der Waals surface area (Å²) in [4.78, 5) is 25.5. The first kappa shape index (κ1) is 13.6. The van der Waals surface area contributed by atoms with Gasteiger partial charge in [0, 0.05) is 17.7 Å². The molecule has 6 rings (SSSR count). The molecule has 0 aromatic heterocycles. The number of esters is 2. The number of ether oxygens (including phenoxy) is 4. The zero-order valence-electron chi connectivity index (χ0n) is 13.1. The van der Waals surface area contributed by atoms with E-state index in [1.165, 1.54) is 0 Å². The van der Waals surface area contributed by atoms with E-state index in [4.69, 9.17) is 18.9 Å². The van der Waals surface area contributed by atoms with Gasteiger partial charge in [-0.1, -0.05) is 15.9 Å². The summed E-state index contributed by atoms with van der Waals surface area (Å²) in [6.45, 7) is 5.98. The fourth-order valence-electron chi connectivity index (χ4n) is 7.11. The Hall–Kier alpha value is -0.660. The first-order chi connectivity index (χ1) is 10.7. The molecule has 6 nitrogen and oxygen atoms in total. The summed E-state index contributed by atoms with van der Waals surface area (Å²) in [6.07, 6.45) is -0.630. The first-order valence-electron chi connectivity index (χ1n) is 8.09. The average molecular weight is 385 g/mol. The van der Waals surface area contributed by atoms with Crippen molar-refractivity contribution in [2.45, 2.75) is 62.3 Å². The normalized spacial score (nSPS) is 69.4. The number of hydrogen-bond acceptors (Lipinski definition) is 6. The molecule has 4 bridgehead atoms. The predicted octanol–water partition coefficient (Wildman–Crippen LogP) is 0.943. The molecule has 0 radical (unpaired) electrons. The lowest BCUT2D eigenvalue weighted by Gasteiger charge is -2.51. The lowest BCUT2D eigenvalue weighted by atomic mass is 9.48. The highest BCUT2D eigenvalue weighted by molar-refractivity contribution is 9.09. The van der Waals surface area contributed by atoms with E-state index >= 15 is 0 Å². The maximum absolute atomic E-state index is 12.9. The third-order valence-corrected chi connectivity index (χ3v) is 9.11. The molecule has 4 aliphatic heterocycles. The summed E-state index contributed by atoms with van der Waals surface area (Å²) >= 11 is 3.57. The average Bonchev–Trinajstić information content (AvgIpc) is 2.96. The lowest BCUT2D eigenvalue weighted by molar-refractivity contribution is -0.205. The predicted molar refractivity (Wildman–Crippen MR) is 77.7 cm³/mol. The van der Waals surface area contributed by atoms with Gasteiger partial charge < -0.3 is 18.9 Å². The Bertz CT molecular complexity index is 725. The molecular weight excluding hydrogens is 368 g/mol. The highest BCUT2D eigenvalue weighted by atomic mass is 79.9. The quantitative estimate of drug-likeness (QED) is 0.380. The van der Waals surface area contributed by atoms with Crippen LogP contribution in [0.4, 0.5) is 0 Å². The molecule has 7 unspecified atom stereocenters. The highest BCUT2D eigenvalue weighted by Crippen LogP contribution is 2.84. The zero-order valence-corrected chi connectivity index (χ0v) is 14.6. The summed E-state index contributed by atoms with van der Waals surface area (Å²) in [7, 11) is 0. The fraction of sp³-hybridized carbons (Fsp3) is 0.875. The van der Waals surface area contributed by atoms with Crippen molar-refractivity contribution in [1.82, 2.24) is 0 Å². The SMILES string of the molecule is CC1(CBr)OC23C[C@H]4O[C@]45C(=O)OC(C4OC(=O)C2(C)C41)C35C. The van der Waals surface area contributed by atoms with Crippen LogP contribution in [0.1, 0.15) is 27.2 Å². The van der Waals surface area contributed by atoms with Gasteiger partial charge in [-0.15, -0.1) is 0 Å². The monoisotopic (exact) mass is 384 g/mol. The Morgan fingerprint density at radius 2 is 1.91 bits per heavy atom. The maximum Gasteiger partial charge on any atom is 0.342 e. The van der Waals surface area contributed by atoms with Gasteiger partial charge in [-0.3, -0.25) is 4.79 Å². The number of halogens is 1. The van der Waals surface area contributed by atoms with Crippen molar-refractivity contribution in [2.24, 2.45) is 16.7 Å². The molecule has 4 saturated heterocycles. The Kier molecular flexibility index (Phi) is 1.84. The van der Waals surface area contributed by atoms with Crippen LogP contribution in [0.15, 0.2) is 0 Å². The Morgan fingerprint density at radius 1 is 1.17 bits per heavy atom. The summed E-state index contributed by atoms with van der Waals surface area (Å²) in [6, 6.07) is 0. The summed E-state index contributed by atoms with van der Waals surface area (Å²) in [5.41, 5.74) is -3.74. The van der Waals surface area contributed by atoms with E-state index in [-0.39, 0.29) is 24.0 Å². The van der Waals surface area contributed by atoms with Crippen LogP contribution in [0.3, 0.4) is 0 Å². The zero-order chi connectivity index (χ0) is 16.2. The number of carbonyl (C=O) groups excluding carboxylic acids is 2. The van der Waals surface area contributed by atoms with E-state index in [1.807, 2.05) is 20.8 Å². The van der Waals surface area contributed by atoms with Crippen LogP contribution in [0.5, 0.6) is 0 Å². The molecule has 0 aromatic rings. The Morgan fingerprint density at radius 3 is 2.61 bits per heavy atom. The molecule has 124 valence electrons. The van der Waals surface area contributed by atoms with Crippen LogP contribution in [-0.4, -0.2) is 52.4 Å². The van der Waals surface area contributed by atoms with Crippen LogP contribution in [0.25, 0.3) is 0 Å². The molecule has 2 saturated carbocycles. The summed E-state index contributed by atoms with van der Waals surface area (Å²) < 4.78 is 24.1. The molecule has 2 aliphatic carbocycles. The van der Waals surface area contributed by atoms with Gasteiger partial charge in [-0.2, -0.15) is 0 Å². The van der Waals surface area contributed by atoms with Gasteiger partial charge in [-0.05, 0) is 20.8 Å². The van der Waals surface area contributed by atoms with Crippen LogP contribution >= 0.6 is 15.9 Å². The molecule has 4 heterocycles. The third-order valence-electron chi connectivity index (χ3n) is 8.00. The van der Waals surface area contributed by atoms with Crippen LogP contribution < -0.4 is 0 Å². The van der Waals surface area contributed by atoms with Gasteiger partial charge in [0.25, 0.3) is 0 Å². The second kappa shape index (κ2) is 3.10. The molecule has 0 N–H and O–H groups in total. The second-order valence-electron chi connectivity index (χ2n) is 8.50. The molecule has 23 heavy (non-hydrogen) atoms. The van der Waals surface area contributed by atoms with E-state index in [0.29, 0.717) is 11.8 Å². The standard InChI is InChI=1S/C16H17BrO6/c1-12(5-17)8-7-9-14(3)15(23-12,13(8,2)10(18)20-7)4-6-16(14,22-6)11(19)21-9/h6-9H,4-5H2,1-3H3/t6-,7?,8?,9?,12?,13?,14?,15?,16+/m1/s1. The van der Waals surface area contributed by atoms with Crippen LogP contribution in [0, 0.1) is 16.7 Å². The van der Waals surface area contributed by atoms with E-state index in [9.17, 15) is 9.59 Å². The van der Waals surface area contributed by atoms with Gasteiger partial charge in [0.2, 0.25) is 5.60 Å². The van der Waals surface area contributed by atoms with Gasteiger partial charge in [0.15, 0.2) is 6.10 Å². The van der Waals surface area contributed by atoms with Crippen LogP contribution in [0.2, 0.25) is 0 Å². The number of rotatable bonds is 1. The lowest BCUT2D eigenvalue weighted by Crippen LogP contribution is -2.67. The molecule has 9 atom stereocenters. The molecule has 2 spiro atoms. The minimum absolute atomic E-state index is 0.139. The van der Waals surface area contributed by atoms with Crippen molar-refractivity contribution in [3.8, 4) is 0 Å². The van der Waals surface area contributed by atoms with E-state index in [0.717, 1.165) is 0 Å². The van der Waals surface area contributed by atoms with Gasteiger partial charge >= 0.3 is 11.9 Å². The van der Waals surface area contributed by atoms with E-state index in [2.05, 4.69) is 15.9 Å². The number of fused-ring (bicyclic) bond motifs is 1. The topological polar surface area (TPSA) is 74.4 Å². The maximum atomic E-state index is 12.9.